The summed E-state index contributed by atoms with van der Waals surface area (Å²) in [5, 5.41) is 0. The summed E-state index contributed by atoms with van der Waals surface area (Å²) in [7, 11) is 0. The second-order valence-corrected chi connectivity index (χ2v) is 4.75. The van der Waals surface area contributed by atoms with Gasteiger partial charge in [-0.1, -0.05) is 0 Å². The highest BCUT2D eigenvalue weighted by Gasteiger charge is 2.42. The van der Waals surface area contributed by atoms with Gasteiger partial charge in [-0.05, 0) is 33.6 Å². The third-order valence-electron chi connectivity index (χ3n) is 3.15. The molecule has 70 valence electrons. The molecule has 2 aliphatic rings. The summed E-state index contributed by atoms with van der Waals surface area (Å²) in [5.41, 5.74) is 0.174. The standard InChI is InChI=1S/C10H19NO/c1-8(2)11-6-9-4-5-10(3,7-11)12-9/h8-9H,4-7H2,1-3H3/t9-,10+/m0/s1. The lowest BCUT2D eigenvalue weighted by Gasteiger charge is -2.40. The summed E-state index contributed by atoms with van der Waals surface area (Å²) >= 11 is 0. The van der Waals surface area contributed by atoms with Crippen LogP contribution in [-0.4, -0.2) is 35.7 Å². The van der Waals surface area contributed by atoms with Gasteiger partial charge in [-0.3, -0.25) is 4.90 Å². The van der Waals surface area contributed by atoms with Gasteiger partial charge in [0.05, 0.1) is 11.7 Å². The lowest BCUT2D eigenvalue weighted by atomic mass is 10.0. The maximum atomic E-state index is 5.92. The summed E-state index contributed by atoms with van der Waals surface area (Å²) in [4.78, 5) is 2.54. The molecule has 2 bridgehead atoms. The molecule has 0 aliphatic carbocycles. The molecule has 0 aromatic carbocycles. The van der Waals surface area contributed by atoms with E-state index < -0.39 is 0 Å². The molecule has 2 saturated heterocycles. The fourth-order valence-corrected chi connectivity index (χ4v) is 2.38. The Kier molecular flexibility index (Phi) is 1.92. The van der Waals surface area contributed by atoms with Crippen molar-refractivity contribution in [2.24, 2.45) is 0 Å². The van der Waals surface area contributed by atoms with Gasteiger partial charge in [0, 0.05) is 19.1 Å². The highest BCUT2D eigenvalue weighted by molar-refractivity contribution is 4.94. The van der Waals surface area contributed by atoms with E-state index in [1.165, 1.54) is 12.8 Å². The van der Waals surface area contributed by atoms with E-state index in [2.05, 4.69) is 25.7 Å². The molecule has 0 N–H and O–H groups in total. The molecule has 0 aromatic rings. The molecule has 0 aromatic heterocycles. The average Bonchev–Trinajstić information content (AvgIpc) is 2.25. The van der Waals surface area contributed by atoms with E-state index in [0.29, 0.717) is 12.1 Å². The summed E-state index contributed by atoms with van der Waals surface area (Å²) in [5.74, 6) is 0. The van der Waals surface area contributed by atoms with Gasteiger partial charge < -0.3 is 4.74 Å². The van der Waals surface area contributed by atoms with Crippen molar-refractivity contribution in [3.8, 4) is 0 Å². The smallest absolute Gasteiger partial charge is 0.0786 e. The van der Waals surface area contributed by atoms with Crippen molar-refractivity contribution >= 4 is 0 Å². The minimum atomic E-state index is 0.174. The number of fused-ring (bicyclic) bond motifs is 2. The van der Waals surface area contributed by atoms with Gasteiger partial charge in [-0.15, -0.1) is 0 Å². The molecule has 0 saturated carbocycles. The molecule has 2 nitrogen and oxygen atoms in total. The van der Waals surface area contributed by atoms with Crippen LogP contribution in [-0.2, 0) is 4.74 Å². The van der Waals surface area contributed by atoms with Gasteiger partial charge >= 0.3 is 0 Å². The van der Waals surface area contributed by atoms with E-state index in [9.17, 15) is 0 Å². The lowest BCUT2D eigenvalue weighted by Crippen LogP contribution is -2.51. The Balaban J connectivity index is 2.06. The molecule has 2 rings (SSSR count). The van der Waals surface area contributed by atoms with Gasteiger partial charge in [-0.25, -0.2) is 0 Å². The van der Waals surface area contributed by atoms with Crippen LogP contribution in [0.4, 0.5) is 0 Å². The van der Waals surface area contributed by atoms with Crippen molar-refractivity contribution in [3.05, 3.63) is 0 Å². The predicted molar refractivity (Wildman–Crippen MR) is 49.2 cm³/mol. The first-order valence-electron chi connectivity index (χ1n) is 5.01. The second kappa shape index (κ2) is 2.71. The zero-order valence-corrected chi connectivity index (χ0v) is 8.34. The van der Waals surface area contributed by atoms with E-state index in [1.54, 1.807) is 0 Å². The van der Waals surface area contributed by atoms with Crippen LogP contribution in [0.3, 0.4) is 0 Å². The van der Waals surface area contributed by atoms with Gasteiger partial charge in [0.2, 0.25) is 0 Å². The van der Waals surface area contributed by atoms with Crippen LogP contribution in [0, 0.1) is 0 Å². The fraction of sp³-hybridized carbons (Fsp3) is 1.00. The third kappa shape index (κ3) is 1.38. The molecule has 2 heteroatoms. The Morgan fingerprint density at radius 3 is 2.83 bits per heavy atom. The molecule has 0 amide bonds. The number of hydrogen-bond donors (Lipinski definition) is 0. The minimum absolute atomic E-state index is 0.174. The van der Waals surface area contributed by atoms with E-state index in [0.717, 1.165) is 13.1 Å². The molecule has 0 spiro atoms. The molecule has 12 heavy (non-hydrogen) atoms. The van der Waals surface area contributed by atoms with Gasteiger partial charge in [0.15, 0.2) is 0 Å². The summed E-state index contributed by atoms with van der Waals surface area (Å²) < 4.78 is 5.92. The second-order valence-electron chi connectivity index (χ2n) is 4.75. The monoisotopic (exact) mass is 169 g/mol. The van der Waals surface area contributed by atoms with Gasteiger partial charge in [-0.2, -0.15) is 0 Å². The van der Waals surface area contributed by atoms with Crippen molar-refractivity contribution < 1.29 is 4.74 Å². The Morgan fingerprint density at radius 1 is 1.50 bits per heavy atom. The van der Waals surface area contributed by atoms with E-state index in [4.69, 9.17) is 4.74 Å². The SMILES string of the molecule is CC(C)N1C[C@@H]2CC[C@](C)(C1)O2. The predicted octanol–water partition coefficient (Wildman–Crippen LogP) is 1.65. The summed E-state index contributed by atoms with van der Waals surface area (Å²) in [6, 6.07) is 0.675. The quantitative estimate of drug-likeness (QED) is 0.592. The van der Waals surface area contributed by atoms with Crippen molar-refractivity contribution in [2.45, 2.75) is 51.4 Å². The largest absolute Gasteiger partial charge is 0.369 e. The lowest BCUT2D eigenvalue weighted by molar-refractivity contribution is -0.106. The number of hydrogen-bond acceptors (Lipinski definition) is 2. The first-order chi connectivity index (χ1) is 5.59. The number of nitrogens with zero attached hydrogens (tertiary/aromatic N) is 1. The average molecular weight is 169 g/mol. The van der Waals surface area contributed by atoms with E-state index in [-0.39, 0.29) is 5.60 Å². The number of rotatable bonds is 1. The van der Waals surface area contributed by atoms with Crippen LogP contribution in [0.2, 0.25) is 0 Å². The van der Waals surface area contributed by atoms with Crippen LogP contribution in [0.15, 0.2) is 0 Å². The maximum absolute atomic E-state index is 5.92. The van der Waals surface area contributed by atoms with Crippen molar-refractivity contribution in [3.63, 3.8) is 0 Å². The Bertz CT molecular complexity index is 181. The first kappa shape index (κ1) is 8.52. The minimum Gasteiger partial charge on any atom is -0.369 e. The molecule has 2 fully saturated rings. The van der Waals surface area contributed by atoms with E-state index >= 15 is 0 Å². The van der Waals surface area contributed by atoms with Gasteiger partial charge in [0.25, 0.3) is 0 Å². The number of morpholine rings is 1. The van der Waals surface area contributed by atoms with Crippen molar-refractivity contribution in [1.82, 2.24) is 4.90 Å². The van der Waals surface area contributed by atoms with E-state index in [1.807, 2.05) is 0 Å². The van der Waals surface area contributed by atoms with Crippen LogP contribution >= 0.6 is 0 Å². The molecule has 2 heterocycles. The van der Waals surface area contributed by atoms with Crippen LogP contribution < -0.4 is 0 Å². The topological polar surface area (TPSA) is 12.5 Å². The molecule has 2 atom stereocenters. The number of ether oxygens (including phenoxy) is 1. The normalized spacial score (nSPS) is 42.5. The fourth-order valence-electron chi connectivity index (χ4n) is 2.38. The third-order valence-corrected chi connectivity index (χ3v) is 3.15. The maximum Gasteiger partial charge on any atom is 0.0786 e. The molecule has 0 radical (unpaired) electrons. The number of likely N-dealkylation sites (tertiary alicyclic amines) is 1. The Morgan fingerprint density at radius 2 is 2.25 bits per heavy atom. The van der Waals surface area contributed by atoms with Crippen LogP contribution in [0.5, 0.6) is 0 Å². The first-order valence-corrected chi connectivity index (χ1v) is 5.01. The van der Waals surface area contributed by atoms with Gasteiger partial charge in [0.1, 0.15) is 0 Å². The summed E-state index contributed by atoms with van der Waals surface area (Å²) in [6.45, 7) is 9.07. The zero-order valence-electron chi connectivity index (χ0n) is 8.34. The zero-order chi connectivity index (χ0) is 8.77. The Hall–Kier alpha value is -0.0800. The van der Waals surface area contributed by atoms with Crippen molar-refractivity contribution in [2.75, 3.05) is 13.1 Å². The molecule has 2 aliphatic heterocycles. The van der Waals surface area contributed by atoms with Crippen LogP contribution in [0.25, 0.3) is 0 Å². The summed E-state index contributed by atoms with van der Waals surface area (Å²) in [6.07, 6.45) is 3.03. The van der Waals surface area contributed by atoms with Crippen molar-refractivity contribution in [1.29, 1.82) is 0 Å². The molecular formula is C10H19NO. The van der Waals surface area contributed by atoms with Crippen LogP contribution in [0.1, 0.15) is 33.6 Å². The Labute approximate surface area is 74.9 Å². The highest BCUT2D eigenvalue weighted by atomic mass is 16.5. The molecule has 0 unspecified atom stereocenters. The highest BCUT2D eigenvalue weighted by Crippen LogP contribution is 2.35. The molecular weight excluding hydrogens is 150 g/mol.